The highest BCUT2D eigenvalue weighted by Crippen LogP contribution is 2.23. The highest BCUT2D eigenvalue weighted by Gasteiger charge is 2.22. The monoisotopic (exact) mass is 418 g/mol. The molecule has 9 heteroatoms. The summed E-state index contributed by atoms with van der Waals surface area (Å²) in [6.45, 7) is 4.23. The highest BCUT2D eigenvalue weighted by atomic mass is 35.5. The van der Waals surface area contributed by atoms with E-state index in [2.05, 4.69) is 25.9 Å². The van der Waals surface area contributed by atoms with Gasteiger partial charge >= 0.3 is 0 Å². The molecule has 3 aromatic rings. The lowest BCUT2D eigenvalue weighted by molar-refractivity contribution is 0.0944. The molecule has 1 aliphatic rings. The van der Waals surface area contributed by atoms with E-state index in [1.165, 1.54) is 0 Å². The number of carbonyl (C=O) groups excluding carboxylic acids is 1. The van der Waals surface area contributed by atoms with Crippen LogP contribution in [-0.2, 0) is 6.54 Å². The quantitative estimate of drug-likeness (QED) is 0.665. The van der Waals surface area contributed by atoms with E-state index >= 15 is 0 Å². The predicted octanol–water partition coefficient (Wildman–Crippen LogP) is 2.99. The van der Waals surface area contributed by atoms with Gasteiger partial charge in [-0.1, -0.05) is 35.5 Å². The Bertz CT molecular complexity index is 920. The van der Waals surface area contributed by atoms with Crippen molar-refractivity contribution in [3.8, 4) is 10.6 Å². The molecule has 2 aromatic heterocycles. The van der Waals surface area contributed by atoms with Gasteiger partial charge < -0.3 is 10.6 Å². The van der Waals surface area contributed by atoms with Crippen LogP contribution < -0.4 is 10.6 Å². The Kier molecular flexibility index (Phi) is 6.77. The van der Waals surface area contributed by atoms with Crippen LogP contribution in [0.4, 0.5) is 0 Å². The number of halogens is 1. The number of hydrogen-bond acceptors (Lipinski definition) is 6. The molecule has 0 spiro atoms. The number of amides is 1. The van der Waals surface area contributed by atoms with E-state index in [0.717, 1.165) is 47.9 Å². The molecule has 7 nitrogen and oxygen atoms in total. The predicted molar refractivity (Wildman–Crippen MR) is 112 cm³/mol. The van der Waals surface area contributed by atoms with Gasteiger partial charge in [-0.25, -0.2) is 9.67 Å². The van der Waals surface area contributed by atoms with Crippen LogP contribution in [-0.4, -0.2) is 39.0 Å². The Morgan fingerprint density at radius 1 is 1.29 bits per heavy atom. The minimum Gasteiger partial charge on any atom is -0.345 e. The first kappa shape index (κ1) is 20.4. The molecule has 4 rings (SSSR count). The normalized spacial score (nSPS) is 14.5. The summed E-state index contributed by atoms with van der Waals surface area (Å²) in [6.07, 6.45) is 2.01. The number of nitrogens with one attached hydrogen (secondary N) is 2. The molecule has 1 aliphatic heterocycles. The van der Waals surface area contributed by atoms with Crippen LogP contribution >= 0.6 is 23.7 Å². The molecule has 1 fully saturated rings. The van der Waals surface area contributed by atoms with Crippen LogP contribution in [0.3, 0.4) is 0 Å². The molecule has 0 radical (unpaired) electrons. The van der Waals surface area contributed by atoms with E-state index in [4.69, 9.17) is 0 Å². The number of hydrogen-bond donors (Lipinski definition) is 2. The first-order valence-electron chi connectivity index (χ1n) is 9.13. The summed E-state index contributed by atoms with van der Waals surface area (Å²) in [6, 6.07) is 10.3. The number of carbonyl (C=O) groups is 1. The van der Waals surface area contributed by atoms with Gasteiger partial charge in [0.1, 0.15) is 5.01 Å². The van der Waals surface area contributed by atoms with Crippen molar-refractivity contribution in [2.75, 3.05) is 13.1 Å². The number of nitrogens with zero attached hydrogens (tertiary/aromatic N) is 4. The smallest absolute Gasteiger partial charge is 0.274 e. The maximum atomic E-state index is 12.5. The average Bonchev–Trinajstić information content (AvgIpc) is 3.34. The van der Waals surface area contributed by atoms with Crippen LogP contribution in [0.5, 0.6) is 0 Å². The first-order chi connectivity index (χ1) is 13.2. The summed E-state index contributed by atoms with van der Waals surface area (Å²) in [5.74, 6) is -0.207. The van der Waals surface area contributed by atoms with E-state index in [1.54, 1.807) is 11.3 Å². The largest absolute Gasteiger partial charge is 0.345 e. The minimum atomic E-state index is -0.207. The Labute approximate surface area is 174 Å². The Morgan fingerprint density at radius 3 is 2.79 bits per heavy atom. The molecule has 0 atom stereocenters. The van der Waals surface area contributed by atoms with Crippen molar-refractivity contribution in [1.82, 2.24) is 30.6 Å². The van der Waals surface area contributed by atoms with Gasteiger partial charge in [-0.3, -0.25) is 4.79 Å². The van der Waals surface area contributed by atoms with Crippen molar-refractivity contribution in [2.45, 2.75) is 32.4 Å². The number of piperidine rings is 1. The van der Waals surface area contributed by atoms with Crippen LogP contribution in [0.2, 0.25) is 0 Å². The second-order valence-corrected chi connectivity index (χ2v) is 7.50. The van der Waals surface area contributed by atoms with Gasteiger partial charge in [-0.15, -0.1) is 28.8 Å². The molecule has 0 saturated carbocycles. The molecule has 3 heterocycles. The zero-order valence-corrected chi connectivity index (χ0v) is 17.2. The third-order valence-corrected chi connectivity index (χ3v) is 5.74. The lowest BCUT2D eigenvalue weighted by Gasteiger charge is -2.23. The molecule has 1 aromatic carbocycles. The number of aromatic nitrogens is 4. The molecule has 0 unspecified atom stereocenters. The fourth-order valence-electron chi connectivity index (χ4n) is 3.30. The minimum absolute atomic E-state index is 0. The highest BCUT2D eigenvalue weighted by molar-refractivity contribution is 7.13. The van der Waals surface area contributed by atoms with Gasteiger partial charge in [0, 0.05) is 10.9 Å². The summed E-state index contributed by atoms with van der Waals surface area (Å²) < 4.78 is 1.89. The zero-order chi connectivity index (χ0) is 18.6. The van der Waals surface area contributed by atoms with Crippen molar-refractivity contribution in [3.05, 3.63) is 52.8 Å². The molecule has 148 valence electrons. The topological polar surface area (TPSA) is 84.7 Å². The van der Waals surface area contributed by atoms with Crippen LogP contribution in [0.1, 0.15) is 40.8 Å². The lowest BCUT2D eigenvalue weighted by Crippen LogP contribution is -2.30. The first-order valence-corrected chi connectivity index (χ1v) is 10.0. The summed E-state index contributed by atoms with van der Waals surface area (Å²) in [5.41, 5.74) is 3.14. The molecule has 1 amide bonds. The molecule has 2 N–H and O–H groups in total. The van der Waals surface area contributed by atoms with Crippen molar-refractivity contribution in [3.63, 3.8) is 0 Å². The maximum Gasteiger partial charge on any atom is 0.274 e. The van der Waals surface area contributed by atoms with E-state index in [-0.39, 0.29) is 18.3 Å². The van der Waals surface area contributed by atoms with Gasteiger partial charge in [-0.2, -0.15) is 0 Å². The van der Waals surface area contributed by atoms with Gasteiger partial charge in [0.15, 0.2) is 5.69 Å². The zero-order valence-electron chi connectivity index (χ0n) is 15.6. The van der Waals surface area contributed by atoms with E-state index < -0.39 is 0 Å². The second-order valence-electron chi connectivity index (χ2n) is 6.64. The standard InChI is InChI=1S/C19H22N6OS.ClH/c1-13-17(23-24-25(13)16-7-9-20-10-8-16)18(26)21-11-15-12-27-19(22-15)14-5-3-2-4-6-14;/h2-6,12,16,20H,7-11H2,1H3,(H,21,26);1H. The van der Waals surface area contributed by atoms with Crippen LogP contribution in [0, 0.1) is 6.92 Å². The van der Waals surface area contributed by atoms with Crippen molar-refractivity contribution in [1.29, 1.82) is 0 Å². The van der Waals surface area contributed by atoms with E-state index in [0.29, 0.717) is 18.3 Å². The SMILES string of the molecule is Cc1c(C(=O)NCc2csc(-c3ccccc3)n2)nnn1C1CCNCC1.Cl. The number of rotatable bonds is 5. The average molecular weight is 419 g/mol. The van der Waals surface area contributed by atoms with Gasteiger partial charge in [0.05, 0.1) is 24.0 Å². The summed E-state index contributed by atoms with van der Waals surface area (Å²) in [7, 11) is 0. The summed E-state index contributed by atoms with van der Waals surface area (Å²) in [5, 5.41) is 17.5. The van der Waals surface area contributed by atoms with E-state index in [9.17, 15) is 4.79 Å². The van der Waals surface area contributed by atoms with Crippen molar-refractivity contribution < 1.29 is 4.79 Å². The maximum absolute atomic E-state index is 12.5. The van der Waals surface area contributed by atoms with Gasteiger partial charge in [0.25, 0.3) is 5.91 Å². The molecule has 1 saturated heterocycles. The third-order valence-electron chi connectivity index (χ3n) is 4.80. The Balaban J connectivity index is 0.00000225. The number of benzene rings is 1. The van der Waals surface area contributed by atoms with Crippen LogP contribution in [0.15, 0.2) is 35.7 Å². The Morgan fingerprint density at radius 2 is 2.04 bits per heavy atom. The lowest BCUT2D eigenvalue weighted by atomic mass is 10.1. The summed E-state index contributed by atoms with van der Waals surface area (Å²) in [4.78, 5) is 17.2. The van der Waals surface area contributed by atoms with Gasteiger partial charge in [0.2, 0.25) is 0 Å². The fourth-order valence-corrected chi connectivity index (χ4v) is 4.13. The molecule has 28 heavy (non-hydrogen) atoms. The summed E-state index contributed by atoms with van der Waals surface area (Å²) >= 11 is 1.58. The molecular weight excluding hydrogens is 396 g/mol. The molecule has 0 bridgehead atoms. The second kappa shape index (κ2) is 9.27. The van der Waals surface area contributed by atoms with E-state index in [1.807, 2.05) is 47.3 Å². The Hall–Kier alpha value is -2.29. The molecular formula is C19H23ClN6OS. The van der Waals surface area contributed by atoms with Crippen LogP contribution in [0.25, 0.3) is 10.6 Å². The third kappa shape index (κ3) is 4.40. The van der Waals surface area contributed by atoms with Gasteiger partial charge in [-0.05, 0) is 32.9 Å². The van der Waals surface area contributed by atoms with Crippen molar-refractivity contribution >= 4 is 29.7 Å². The fraction of sp³-hybridized carbons (Fsp3) is 0.368. The van der Waals surface area contributed by atoms with Crippen molar-refractivity contribution in [2.24, 2.45) is 0 Å². The number of thiazole rings is 1. The molecule has 0 aliphatic carbocycles.